The van der Waals surface area contributed by atoms with E-state index in [9.17, 15) is 18.0 Å². The van der Waals surface area contributed by atoms with E-state index >= 15 is 0 Å². The topological polar surface area (TPSA) is 75.9 Å². The maximum atomic E-state index is 12.7. The van der Waals surface area contributed by atoms with E-state index in [1.54, 1.807) is 14.0 Å². The Hall–Kier alpha value is -2.17. The number of rotatable bonds is 3. The molecule has 1 atom stereocenters. The van der Waals surface area contributed by atoms with Crippen LogP contribution in [0.3, 0.4) is 0 Å². The summed E-state index contributed by atoms with van der Waals surface area (Å²) in [6.07, 6.45) is -2.24. The van der Waals surface area contributed by atoms with Crippen LogP contribution in [0.2, 0.25) is 0 Å². The van der Waals surface area contributed by atoms with Crippen LogP contribution >= 0.6 is 11.3 Å². The Bertz CT molecular complexity index is 771. The number of imidazole rings is 1. The van der Waals surface area contributed by atoms with Gasteiger partial charge in [-0.05, 0) is 19.3 Å². The Kier molecular flexibility index (Phi) is 4.67. The highest BCUT2D eigenvalue weighted by molar-refractivity contribution is 7.15. The van der Waals surface area contributed by atoms with Crippen LogP contribution in [-0.2, 0) is 19.1 Å². The zero-order chi connectivity index (χ0) is 18.2. The van der Waals surface area contributed by atoms with Crippen LogP contribution in [-0.4, -0.2) is 44.3 Å². The Morgan fingerprint density at radius 3 is 2.88 bits per heavy atom. The Balaban J connectivity index is 1.58. The van der Waals surface area contributed by atoms with Crippen molar-refractivity contribution in [1.82, 2.24) is 24.6 Å². The SMILES string of the molecule is Cc1nnc(NC(=O)N(C)C[C@@H]2CCc3nc(C(F)(F)F)cn3C2)s1. The molecule has 3 rings (SSSR count). The Morgan fingerprint density at radius 2 is 2.24 bits per heavy atom. The largest absolute Gasteiger partial charge is 0.434 e. The van der Waals surface area contributed by atoms with E-state index in [1.807, 2.05) is 0 Å². The summed E-state index contributed by atoms with van der Waals surface area (Å²) in [4.78, 5) is 17.3. The lowest BCUT2D eigenvalue weighted by atomic mass is 9.99. The summed E-state index contributed by atoms with van der Waals surface area (Å²) in [5, 5.41) is 11.5. The fourth-order valence-electron chi connectivity index (χ4n) is 2.80. The average molecular weight is 374 g/mol. The third kappa shape index (κ3) is 4.09. The molecular formula is C14H17F3N6OS. The van der Waals surface area contributed by atoms with Gasteiger partial charge in [-0.15, -0.1) is 10.2 Å². The minimum atomic E-state index is -4.43. The molecule has 3 heterocycles. The molecule has 0 saturated carbocycles. The molecule has 1 N–H and O–H groups in total. The summed E-state index contributed by atoms with van der Waals surface area (Å²) < 4.78 is 39.8. The van der Waals surface area contributed by atoms with Gasteiger partial charge < -0.3 is 9.47 Å². The van der Waals surface area contributed by atoms with Crippen LogP contribution in [0.15, 0.2) is 6.20 Å². The first kappa shape index (κ1) is 17.6. The summed E-state index contributed by atoms with van der Waals surface area (Å²) in [6.45, 7) is 2.63. The monoisotopic (exact) mass is 374 g/mol. The second kappa shape index (κ2) is 6.62. The van der Waals surface area contributed by atoms with E-state index in [-0.39, 0.29) is 11.9 Å². The zero-order valence-electron chi connectivity index (χ0n) is 13.7. The molecule has 7 nitrogen and oxygen atoms in total. The van der Waals surface area contributed by atoms with E-state index in [0.29, 0.717) is 36.9 Å². The third-order valence-corrected chi connectivity index (χ3v) is 4.75. The lowest BCUT2D eigenvalue weighted by Crippen LogP contribution is -2.37. The summed E-state index contributed by atoms with van der Waals surface area (Å²) in [6, 6.07) is -0.316. The predicted molar refractivity (Wildman–Crippen MR) is 85.3 cm³/mol. The lowest BCUT2D eigenvalue weighted by Gasteiger charge is -2.28. The molecule has 0 bridgehead atoms. The zero-order valence-corrected chi connectivity index (χ0v) is 14.5. The number of hydrogen-bond acceptors (Lipinski definition) is 5. The highest BCUT2D eigenvalue weighted by Gasteiger charge is 2.36. The van der Waals surface area contributed by atoms with Gasteiger partial charge in [0.1, 0.15) is 10.8 Å². The molecule has 25 heavy (non-hydrogen) atoms. The van der Waals surface area contributed by atoms with E-state index in [4.69, 9.17) is 0 Å². The number of nitrogens with one attached hydrogen (secondary N) is 1. The van der Waals surface area contributed by atoms with Crippen LogP contribution in [0.4, 0.5) is 23.1 Å². The summed E-state index contributed by atoms with van der Waals surface area (Å²) in [5.74, 6) is 0.509. The molecule has 0 fully saturated rings. The van der Waals surface area contributed by atoms with Gasteiger partial charge in [-0.1, -0.05) is 11.3 Å². The van der Waals surface area contributed by atoms with Gasteiger partial charge in [0.2, 0.25) is 5.13 Å². The second-order valence-electron chi connectivity index (χ2n) is 6.03. The fraction of sp³-hybridized carbons (Fsp3) is 0.571. The maximum Gasteiger partial charge on any atom is 0.434 e. The minimum Gasteiger partial charge on any atom is -0.334 e. The molecule has 0 aliphatic carbocycles. The molecular weight excluding hydrogens is 357 g/mol. The van der Waals surface area contributed by atoms with Gasteiger partial charge >= 0.3 is 12.2 Å². The third-order valence-electron chi connectivity index (χ3n) is 4.00. The molecule has 2 amide bonds. The first-order valence-corrected chi connectivity index (χ1v) is 8.49. The van der Waals surface area contributed by atoms with Crippen molar-refractivity contribution in [3.63, 3.8) is 0 Å². The highest BCUT2D eigenvalue weighted by Crippen LogP contribution is 2.30. The molecule has 1 aliphatic heterocycles. The van der Waals surface area contributed by atoms with Crippen molar-refractivity contribution in [3.05, 3.63) is 22.7 Å². The smallest absolute Gasteiger partial charge is 0.334 e. The summed E-state index contributed by atoms with van der Waals surface area (Å²) in [7, 11) is 1.65. The summed E-state index contributed by atoms with van der Waals surface area (Å²) >= 11 is 1.28. The van der Waals surface area contributed by atoms with Crippen LogP contribution in [0.25, 0.3) is 0 Å². The van der Waals surface area contributed by atoms with Gasteiger partial charge in [0.15, 0.2) is 5.69 Å². The molecule has 2 aromatic rings. The number of fused-ring (bicyclic) bond motifs is 1. The molecule has 2 aromatic heterocycles. The number of carbonyl (C=O) groups excluding carboxylic acids is 1. The minimum absolute atomic E-state index is 0.0645. The van der Waals surface area contributed by atoms with Crippen molar-refractivity contribution < 1.29 is 18.0 Å². The lowest BCUT2D eigenvalue weighted by molar-refractivity contribution is -0.141. The van der Waals surface area contributed by atoms with Gasteiger partial charge in [-0.2, -0.15) is 13.2 Å². The quantitative estimate of drug-likeness (QED) is 0.896. The molecule has 0 unspecified atom stereocenters. The number of aromatic nitrogens is 4. The number of nitrogens with zero attached hydrogens (tertiary/aromatic N) is 5. The molecule has 136 valence electrons. The number of anilines is 1. The van der Waals surface area contributed by atoms with Crippen molar-refractivity contribution >= 4 is 22.5 Å². The number of urea groups is 1. The van der Waals surface area contributed by atoms with Crippen molar-refractivity contribution in [2.45, 2.75) is 32.5 Å². The molecule has 0 saturated heterocycles. The first-order valence-electron chi connectivity index (χ1n) is 7.68. The number of alkyl halides is 3. The van der Waals surface area contributed by atoms with Crippen LogP contribution in [0, 0.1) is 12.8 Å². The Morgan fingerprint density at radius 1 is 1.48 bits per heavy atom. The van der Waals surface area contributed by atoms with Crippen LogP contribution in [0.1, 0.15) is 22.9 Å². The number of carbonyl (C=O) groups is 1. The van der Waals surface area contributed by atoms with Gasteiger partial charge in [0, 0.05) is 32.8 Å². The molecule has 11 heteroatoms. The van der Waals surface area contributed by atoms with E-state index in [1.165, 1.54) is 20.8 Å². The van der Waals surface area contributed by atoms with Crippen molar-refractivity contribution in [3.8, 4) is 0 Å². The van der Waals surface area contributed by atoms with Crippen molar-refractivity contribution in [2.24, 2.45) is 5.92 Å². The highest BCUT2D eigenvalue weighted by atomic mass is 32.1. The fourth-order valence-corrected chi connectivity index (χ4v) is 3.39. The molecule has 0 spiro atoms. The maximum absolute atomic E-state index is 12.7. The van der Waals surface area contributed by atoms with E-state index < -0.39 is 11.9 Å². The molecule has 1 aliphatic rings. The number of halogens is 3. The van der Waals surface area contributed by atoms with E-state index in [2.05, 4.69) is 20.5 Å². The normalized spacial score (nSPS) is 17.2. The average Bonchev–Trinajstić information content (AvgIpc) is 3.12. The van der Waals surface area contributed by atoms with Crippen LogP contribution < -0.4 is 5.32 Å². The number of amides is 2. The van der Waals surface area contributed by atoms with E-state index in [0.717, 1.165) is 11.2 Å². The summed E-state index contributed by atoms with van der Waals surface area (Å²) in [5.41, 5.74) is -0.860. The van der Waals surface area contributed by atoms with Gasteiger partial charge in [0.05, 0.1) is 0 Å². The van der Waals surface area contributed by atoms with Gasteiger partial charge in [-0.25, -0.2) is 9.78 Å². The van der Waals surface area contributed by atoms with Gasteiger partial charge in [0.25, 0.3) is 0 Å². The van der Waals surface area contributed by atoms with Crippen LogP contribution in [0.5, 0.6) is 0 Å². The molecule has 0 radical (unpaired) electrons. The first-order chi connectivity index (χ1) is 11.7. The number of hydrogen-bond donors (Lipinski definition) is 1. The van der Waals surface area contributed by atoms with Crippen molar-refractivity contribution in [1.29, 1.82) is 0 Å². The number of aryl methyl sites for hydroxylation is 2. The predicted octanol–water partition coefficient (Wildman–Crippen LogP) is 2.79. The van der Waals surface area contributed by atoms with Crippen molar-refractivity contribution in [2.75, 3.05) is 18.9 Å². The second-order valence-corrected chi connectivity index (χ2v) is 7.22. The standard InChI is InChI=1S/C14H17F3N6OS/c1-8-20-21-12(25-8)19-13(24)22(2)5-9-3-4-11-18-10(14(15,16)17)7-23(11)6-9/h7,9H,3-6H2,1-2H3,(H,19,21,24)/t9-/m0/s1. The Labute approximate surface area is 145 Å². The molecule has 0 aromatic carbocycles. The van der Waals surface area contributed by atoms with Gasteiger partial charge in [-0.3, -0.25) is 5.32 Å².